The Kier molecular flexibility index (Phi) is 4.87. The number of carboxylic acid groups (broad SMARTS) is 1. The van der Waals surface area contributed by atoms with Crippen LogP contribution < -0.4 is 10.2 Å². The van der Waals surface area contributed by atoms with Gasteiger partial charge in [-0.15, -0.1) is 0 Å². The van der Waals surface area contributed by atoms with E-state index in [1.807, 2.05) is 39.0 Å². The Bertz CT molecular complexity index is 749. The molecule has 0 fully saturated rings. The maximum Gasteiger partial charge on any atom is 0.412 e. The van der Waals surface area contributed by atoms with Crippen LogP contribution in [0.5, 0.6) is 0 Å². The summed E-state index contributed by atoms with van der Waals surface area (Å²) < 4.78 is 0. The summed E-state index contributed by atoms with van der Waals surface area (Å²) in [4.78, 5) is 28.1. The smallest absolute Gasteiger partial charge is 0.412 e. The molecule has 2 amide bonds. The average Bonchev–Trinajstić information content (AvgIpc) is 2.45. The first-order chi connectivity index (χ1) is 11.2. The lowest BCUT2D eigenvalue weighted by molar-refractivity contribution is -0.114. The van der Waals surface area contributed by atoms with Gasteiger partial charge in [0, 0.05) is 24.3 Å². The van der Waals surface area contributed by atoms with Crippen LogP contribution in [0, 0.1) is 0 Å². The molecule has 0 aliphatic heterocycles. The van der Waals surface area contributed by atoms with Gasteiger partial charge in [-0.3, -0.25) is 9.69 Å². The van der Waals surface area contributed by atoms with Crippen molar-refractivity contribution in [3.8, 4) is 11.1 Å². The van der Waals surface area contributed by atoms with Crippen LogP contribution >= 0.6 is 0 Å². The normalized spacial score (nSPS) is 11.0. The molecule has 1 aromatic heterocycles. The summed E-state index contributed by atoms with van der Waals surface area (Å²) in [5.41, 5.74) is 1.86. The lowest BCUT2D eigenvalue weighted by Crippen LogP contribution is -2.45. The monoisotopic (exact) mass is 327 g/mol. The molecule has 0 saturated heterocycles. The van der Waals surface area contributed by atoms with Crippen molar-refractivity contribution in [3.05, 3.63) is 42.6 Å². The van der Waals surface area contributed by atoms with E-state index in [0.29, 0.717) is 11.5 Å². The minimum absolute atomic E-state index is 0.183. The molecule has 2 rings (SSSR count). The fourth-order valence-corrected chi connectivity index (χ4v) is 2.45. The first kappa shape index (κ1) is 17.5. The van der Waals surface area contributed by atoms with Gasteiger partial charge >= 0.3 is 6.09 Å². The number of benzene rings is 1. The van der Waals surface area contributed by atoms with Gasteiger partial charge in [0.05, 0.1) is 0 Å². The molecular weight excluding hydrogens is 306 g/mol. The fourth-order valence-electron chi connectivity index (χ4n) is 2.45. The van der Waals surface area contributed by atoms with Crippen LogP contribution in [-0.4, -0.2) is 27.6 Å². The van der Waals surface area contributed by atoms with Crippen molar-refractivity contribution in [2.24, 2.45) is 0 Å². The lowest BCUT2D eigenvalue weighted by atomic mass is 10.0. The molecular formula is C18H21N3O3. The Morgan fingerprint density at radius 1 is 1.08 bits per heavy atom. The zero-order valence-electron chi connectivity index (χ0n) is 14.2. The molecule has 2 aromatic rings. The van der Waals surface area contributed by atoms with Gasteiger partial charge in [0.1, 0.15) is 5.82 Å². The van der Waals surface area contributed by atoms with E-state index in [2.05, 4.69) is 10.3 Å². The molecule has 0 spiro atoms. The van der Waals surface area contributed by atoms with Crippen molar-refractivity contribution in [2.45, 2.75) is 33.2 Å². The molecule has 0 radical (unpaired) electrons. The topological polar surface area (TPSA) is 82.5 Å². The first-order valence-corrected chi connectivity index (χ1v) is 7.56. The van der Waals surface area contributed by atoms with Crippen LogP contribution in [0.3, 0.4) is 0 Å². The number of anilines is 2. The maximum absolute atomic E-state index is 11.5. The molecule has 0 bridgehead atoms. The van der Waals surface area contributed by atoms with Gasteiger partial charge in [-0.05, 0) is 56.2 Å². The Labute approximate surface area is 141 Å². The average molecular weight is 327 g/mol. The third-order valence-corrected chi connectivity index (χ3v) is 3.38. The molecule has 0 unspecified atom stereocenters. The minimum atomic E-state index is -0.993. The van der Waals surface area contributed by atoms with E-state index in [1.165, 1.54) is 11.8 Å². The van der Waals surface area contributed by atoms with Crippen LogP contribution in [-0.2, 0) is 4.79 Å². The molecule has 0 aliphatic rings. The number of nitrogens with zero attached hydrogens (tertiary/aromatic N) is 2. The van der Waals surface area contributed by atoms with Crippen LogP contribution in [0.1, 0.15) is 27.7 Å². The van der Waals surface area contributed by atoms with E-state index in [-0.39, 0.29) is 5.91 Å². The number of rotatable bonds is 3. The number of carbonyl (C=O) groups is 2. The number of aromatic nitrogens is 1. The summed E-state index contributed by atoms with van der Waals surface area (Å²) in [7, 11) is 0. The number of nitrogens with one attached hydrogen (secondary N) is 1. The largest absolute Gasteiger partial charge is 0.465 e. The zero-order valence-corrected chi connectivity index (χ0v) is 14.2. The van der Waals surface area contributed by atoms with Gasteiger partial charge in [0.2, 0.25) is 5.91 Å². The molecule has 2 N–H and O–H groups in total. The molecule has 0 aliphatic carbocycles. The fraction of sp³-hybridized carbons (Fsp3) is 0.278. The van der Waals surface area contributed by atoms with Gasteiger partial charge in [0.25, 0.3) is 0 Å². The second-order valence-electron chi connectivity index (χ2n) is 6.45. The number of carbonyl (C=O) groups excluding carboxylic acids is 1. The van der Waals surface area contributed by atoms with E-state index in [0.717, 1.165) is 11.1 Å². The van der Waals surface area contributed by atoms with Gasteiger partial charge in [-0.2, -0.15) is 0 Å². The van der Waals surface area contributed by atoms with Crippen LogP contribution in [0.4, 0.5) is 16.3 Å². The standard InChI is InChI=1S/C18H21N3O3/c1-12(22)20-16-11-14(9-10-19-16)13-5-7-15(8-6-13)21(17(23)24)18(2,3)4/h5-11H,1-4H3,(H,23,24)(H,19,20,22). The highest BCUT2D eigenvalue weighted by atomic mass is 16.4. The van der Waals surface area contributed by atoms with Crippen molar-refractivity contribution in [3.63, 3.8) is 0 Å². The molecule has 24 heavy (non-hydrogen) atoms. The number of pyridine rings is 1. The minimum Gasteiger partial charge on any atom is -0.465 e. The summed E-state index contributed by atoms with van der Waals surface area (Å²) in [6.45, 7) is 6.96. The lowest BCUT2D eigenvalue weighted by Gasteiger charge is -2.33. The second kappa shape index (κ2) is 6.70. The quantitative estimate of drug-likeness (QED) is 0.893. The molecule has 1 aromatic carbocycles. The summed E-state index contributed by atoms with van der Waals surface area (Å²) in [6.07, 6.45) is 0.625. The highest BCUT2D eigenvalue weighted by Gasteiger charge is 2.27. The van der Waals surface area contributed by atoms with Crippen LogP contribution in [0.2, 0.25) is 0 Å². The molecule has 6 nitrogen and oxygen atoms in total. The van der Waals surface area contributed by atoms with Crippen molar-refractivity contribution < 1.29 is 14.7 Å². The van der Waals surface area contributed by atoms with E-state index in [9.17, 15) is 14.7 Å². The van der Waals surface area contributed by atoms with E-state index >= 15 is 0 Å². The summed E-state index contributed by atoms with van der Waals surface area (Å²) in [5, 5.41) is 12.1. The van der Waals surface area contributed by atoms with Crippen molar-refractivity contribution in [2.75, 3.05) is 10.2 Å². The highest BCUT2D eigenvalue weighted by Crippen LogP contribution is 2.28. The SMILES string of the molecule is CC(=O)Nc1cc(-c2ccc(N(C(=O)O)C(C)(C)C)cc2)ccn1. The van der Waals surface area contributed by atoms with Gasteiger partial charge in [-0.25, -0.2) is 9.78 Å². The Morgan fingerprint density at radius 3 is 2.21 bits per heavy atom. The zero-order chi connectivity index (χ0) is 17.9. The van der Waals surface area contributed by atoms with Crippen molar-refractivity contribution in [1.29, 1.82) is 0 Å². The van der Waals surface area contributed by atoms with Gasteiger partial charge < -0.3 is 10.4 Å². The van der Waals surface area contributed by atoms with Crippen molar-refractivity contribution in [1.82, 2.24) is 4.98 Å². The van der Waals surface area contributed by atoms with E-state index in [1.54, 1.807) is 24.4 Å². The second-order valence-corrected chi connectivity index (χ2v) is 6.45. The number of amides is 2. The number of hydrogen-bond donors (Lipinski definition) is 2. The van der Waals surface area contributed by atoms with Crippen molar-refractivity contribution >= 4 is 23.5 Å². The Balaban J connectivity index is 2.32. The molecule has 1 heterocycles. The van der Waals surface area contributed by atoms with Gasteiger partial charge in [-0.1, -0.05) is 12.1 Å². The summed E-state index contributed by atoms with van der Waals surface area (Å²) in [5.74, 6) is 0.295. The predicted octanol–water partition coefficient (Wildman–Crippen LogP) is 3.99. The molecule has 0 atom stereocenters. The molecule has 126 valence electrons. The molecule has 6 heteroatoms. The van der Waals surface area contributed by atoms with E-state index in [4.69, 9.17) is 0 Å². The van der Waals surface area contributed by atoms with Crippen LogP contribution in [0.15, 0.2) is 42.6 Å². The third kappa shape index (κ3) is 4.10. The number of hydrogen-bond acceptors (Lipinski definition) is 3. The van der Waals surface area contributed by atoms with E-state index < -0.39 is 11.6 Å². The molecule has 0 saturated carbocycles. The van der Waals surface area contributed by atoms with Crippen LogP contribution in [0.25, 0.3) is 11.1 Å². The summed E-state index contributed by atoms with van der Waals surface area (Å²) in [6, 6.07) is 10.8. The van der Waals surface area contributed by atoms with Gasteiger partial charge in [0.15, 0.2) is 0 Å². The Hall–Kier alpha value is -2.89. The predicted molar refractivity (Wildman–Crippen MR) is 94.2 cm³/mol. The third-order valence-electron chi connectivity index (χ3n) is 3.38. The highest BCUT2D eigenvalue weighted by molar-refractivity contribution is 5.89. The maximum atomic E-state index is 11.5. The first-order valence-electron chi connectivity index (χ1n) is 7.56. The Morgan fingerprint density at radius 2 is 1.71 bits per heavy atom. The summed E-state index contributed by atoms with van der Waals surface area (Å²) >= 11 is 0.